The Morgan fingerprint density at radius 1 is 1.16 bits per heavy atom. The first kappa shape index (κ1) is 39.0. The summed E-state index contributed by atoms with van der Waals surface area (Å²) in [4.78, 5) is 41.3. The number of aliphatic hydroxyl groups is 2. The maximum atomic E-state index is 14.5. The topological polar surface area (TPSA) is 135 Å². The third kappa shape index (κ3) is 8.36. The van der Waals surface area contributed by atoms with Crippen LogP contribution in [0.1, 0.15) is 89.9 Å². The van der Waals surface area contributed by atoms with E-state index in [1.165, 1.54) is 7.11 Å². The molecular formula is C39H57IN2O8. The van der Waals surface area contributed by atoms with E-state index in [0.717, 1.165) is 44.8 Å². The van der Waals surface area contributed by atoms with Crippen molar-refractivity contribution in [2.75, 3.05) is 33.4 Å². The molecule has 3 N–H and O–H groups in total. The van der Waals surface area contributed by atoms with Gasteiger partial charge in [0.25, 0.3) is 0 Å². The molecule has 6 rings (SSSR count). The van der Waals surface area contributed by atoms with Crippen LogP contribution in [-0.2, 0) is 14.3 Å². The fourth-order valence-electron chi connectivity index (χ4n) is 9.26. The van der Waals surface area contributed by atoms with Crippen molar-refractivity contribution in [3.05, 3.63) is 32.9 Å². The number of amides is 2. The largest absolute Gasteiger partial charge is 0.493 e. The Kier molecular flexibility index (Phi) is 13.0. The third-order valence-corrected chi connectivity index (χ3v) is 13.2. The highest BCUT2D eigenvalue weighted by Gasteiger charge is 2.55. The molecule has 278 valence electrons. The molecule has 0 aromatic heterocycles. The maximum Gasteiger partial charge on any atom is 0.248 e. The van der Waals surface area contributed by atoms with Crippen LogP contribution in [-0.4, -0.2) is 91.0 Å². The summed E-state index contributed by atoms with van der Waals surface area (Å²) in [5, 5.41) is 24.3. The van der Waals surface area contributed by atoms with Crippen LogP contribution < -0.4 is 14.8 Å². The molecule has 0 radical (unpaired) electrons. The number of nitrogens with one attached hydrogen (secondary N) is 1. The van der Waals surface area contributed by atoms with Crippen LogP contribution in [0.4, 0.5) is 0 Å². The average Bonchev–Trinajstić information content (AvgIpc) is 3.09. The van der Waals surface area contributed by atoms with Crippen molar-refractivity contribution in [1.29, 1.82) is 0 Å². The van der Waals surface area contributed by atoms with Crippen LogP contribution in [0.2, 0.25) is 0 Å². The summed E-state index contributed by atoms with van der Waals surface area (Å²) >= 11 is 2.06. The number of halogens is 1. The molecule has 0 saturated heterocycles. The second-order valence-electron chi connectivity index (χ2n) is 16.1. The molecule has 2 bridgehead atoms. The Morgan fingerprint density at radius 3 is 2.56 bits per heavy atom. The zero-order chi connectivity index (χ0) is 36.3. The zero-order valence-electron chi connectivity index (χ0n) is 30.5. The van der Waals surface area contributed by atoms with E-state index in [1.807, 2.05) is 0 Å². The first-order valence-corrected chi connectivity index (χ1v) is 19.5. The quantitative estimate of drug-likeness (QED) is 0.168. The van der Waals surface area contributed by atoms with Gasteiger partial charge >= 0.3 is 0 Å². The van der Waals surface area contributed by atoms with Crippen molar-refractivity contribution >= 4 is 40.7 Å². The molecule has 1 aromatic rings. The molecule has 5 aliphatic rings. The van der Waals surface area contributed by atoms with Crippen LogP contribution in [0.5, 0.6) is 11.5 Å². The molecule has 50 heavy (non-hydrogen) atoms. The number of carbonyl (C=O) groups is 3. The summed E-state index contributed by atoms with van der Waals surface area (Å²) < 4.78 is 19.1. The molecule has 11 heteroatoms. The first-order chi connectivity index (χ1) is 23.8. The zero-order valence-corrected chi connectivity index (χ0v) is 32.7. The van der Waals surface area contributed by atoms with Crippen LogP contribution in [0, 0.1) is 44.5 Å². The molecule has 0 spiro atoms. The van der Waals surface area contributed by atoms with Gasteiger partial charge in [-0.05, 0) is 114 Å². The van der Waals surface area contributed by atoms with E-state index in [2.05, 4.69) is 62.5 Å². The number of ether oxygens (including phenoxy) is 3. The number of aldehydes is 1. The second-order valence-corrected chi connectivity index (χ2v) is 17.2. The molecule has 9 unspecified atom stereocenters. The summed E-state index contributed by atoms with van der Waals surface area (Å²) in [7, 11) is 1.48. The van der Waals surface area contributed by atoms with E-state index in [4.69, 9.17) is 14.2 Å². The molecule has 4 saturated carbocycles. The van der Waals surface area contributed by atoms with Gasteiger partial charge in [-0.3, -0.25) is 14.4 Å². The Hall–Kier alpha value is -2.22. The summed E-state index contributed by atoms with van der Waals surface area (Å²) in [6.45, 7) is 11.6. The Balaban J connectivity index is 1.47. The normalized spacial score (nSPS) is 31.6. The lowest BCUT2D eigenvalue weighted by Crippen LogP contribution is -2.60. The highest BCUT2D eigenvalue weighted by molar-refractivity contribution is 14.1. The predicted molar refractivity (Wildman–Crippen MR) is 199 cm³/mol. The number of carbonyl (C=O) groups excluding carboxylic acids is 3. The summed E-state index contributed by atoms with van der Waals surface area (Å²) in [6.07, 6.45) is 6.69. The monoisotopic (exact) mass is 808 g/mol. The third-order valence-electron chi connectivity index (χ3n) is 12.4. The van der Waals surface area contributed by atoms with Gasteiger partial charge in [-0.25, -0.2) is 0 Å². The number of aliphatic hydroxyl groups excluding tert-OH is 2. The van der Waals surface area contributed by atoms with Gasteiger partial charge in [0, 0.05) is 30.6 Å². The number of rotatable bonds is 14. The molecule has 2 amide bonds. The van der Waals surface area contributed by atoms with Gasteiger partial charge in [0.15, 0.2) is 11.5 Å². The van der Waals surface area contributed by atoms with Crippen LogP contribution in [0.25, 0.3) is 0 Å². The minimum absolute atomic E-state index is 0.0125. The summed E-state index contributed by atoms with van der Waals surface area (Å²) in [5.41, 5.74) is 0.978. The van der Waals surface area contributed by atoms with E-state index in [-0.39, 0.29) is 55.4 Å². The van der Waals surface area contributed by atoms with Gasteiger partial charge in [-0.1, -0.05) is 41.0 Å². The van der Waals surface area contributed by atoms with Crippen molar-refractivity contribution in [2.24, 2.45) is 40.9 Å². The predicted octanol–water partition coefficient (Wildman–Crippen LogP) is 5.41. The number of nitrogens with zero attached hydrogens (tertiary/aromatic N) is 1. The number of benzene rings is 1. The van der Waals surface area contributed by atoms with Crippen molar-refractivity contribution in [2.45, 2.75) is 104 Å². The fraction of sp³-hybridized carbons (Fsp3) is 0.718. The van der Waals surface area contributed by atoms with E-state index < -0.39 is 18.2 Å². The van der Waals surface area contributed by atoms with Crippen LogP contribution >= 0.6 is 22.6 Å². The molecule has 5 aliphatic carbocycles. The van der Waals surface area contributed by atoms with E-state index in [1.54, 1.807) is 23.1 Å². The molecule has 10 nitrogen and oxygen atoms in total. The SMILES string of the molecule is COc1cc(C=O)cc(I)c1OC1C=C(C(=O)NCCO)CC(N(CC2CCC3CC2C3(C)C)C(=O)COC2CC(C)CCC2C(C)C)C1O. The minimum Gasteiger partial charge on any atom is -0.493 e. The van der Waals surface area contributed by atoms with Gasteiger partial charge in [-0.15, -0.1) is 0 Å². The maximum absolute atomic E-state index is 14.5. The van der Waals surface area contributed by atoms with Crippen molar-refractivity contribution in [1.82, 2.24) is 10.2 Å². The molecule has 4 fully saturated rings. The molecule has 0 aliphatic heterocycles. The molecule has 0 heterocycles. The number of hydrogen-bond donors (Lipinski definition) is 3. The highest BCUT2D eigenvalue weighted by atomic mass is 127. The average molecular weight is 809 g/mol. The molecule has 1 aromatic carbocycles. The minimum atomic E-state index is -1.18. The first-order valence-electron chi connectivity index (χ1n) is 18.5. The van der Waals surface area contributed by atoms with E-state index in [9.17, 15) is 24.6 Å². The lowest BCUT2D eigenvalue weighted by molar-refractivity contribution is -0.156. The van der Waals surface area contributed by atoms with Crippen LogP contribution in [0.15, 0.2) is 23.8 Å². The van der Waals surface area contributed by atoms with Gasteiger partial charge in [0.2, 0.25) is 11.8 Å². The van der Waals surface area contributed by atoms with E-state index >= 15 is 0 Å². The van der Waals surface area contributed by atoms with Gasteiger partial charge in [0.1, 0.15) is 25.1 Å². The van der Waals surface area contributed by atoms with Gasteiger partial charge < -0.3 is 34.6 Å². The molecular weight excluding hydrogens is 751 g/mol. The summed E-state index contributed by atoms with van der Waals surface area (Å²) in [6, 6.07) is 2.47. The lowest BCUT2D eigenvalue weighted by Gasteiger charge is -2.61. The smallest absolute Gasteiger partial charge is 0.248 e. The number of fused-ring (bicyclic) bond motifs is 2. The van der Waals surface area contributed by atoms with Gasteiger partial charge in [-0.2, -0.15) is 0 Å². The fourth-order valence-corrected chi connectivity index (χ4v) is 10.0. The molecule has 9 atom stereocenters. The van der Waals surface area contributed by atoms with Crippen molar-refractivity contribution in [3.63, 3.8) is 0 Å². The number of hydrogen-bond acceptors (Lipinski definition) is 8. The van der Waals surface area contributed by atoms with Crippen LogP contribution in [0.3, 0.4) is 0 Å². The van der Waals surface area contributed by atoms with E-state index in [0.29, 0.717) is 62.3 Å². The Morgan fingerprint density at radius 2 is 1.92 bits per heavy atom. The lowest BCUT2D eigenvalue weighted by atomic mass is 9.45. The van der Waals surface area contributed by atoms with Crippen molar-refractivity contribution < 1.29 is 38.8 Å². The van der Waals surface area contributed by atoms with Gasteiger partial charge in [0.05, 0.1) is 29.4 Å². The summed E-state index contributed by atoms with van der Waals surface area (Å²) in [5.74, 6) is 2.86. The standard InChI is InChI=1S/C39H57IN2O8/c1-22(2)28-10-7-23(3)13-32(28)49-21-35(45)42(19-25-8-9-27-18-29(25)39(27,4)5)31-16-26(38(47)41-11-12-43)17-33(36(31)46)50-37-30(40)14-24(20-44)15-34(37)48-6/h14-15,17,20,22-23,25,27-29,31-33,36,43,46H,7-13,16,18-19,21H2,1-6H3,(H,41,47). The number of methoxy groups -OCH3 is 1. The highest BCUT2D eigenvalue weighted by Crippen LogP contribution is 2.61. The second kappa shape index (κ2) is 16.6. The Labute approximate surface area is 311 Å². The van der Waals surface area contributed by atoms with Crippen molar-refractivity contribution in [3.8, 4) is 11.5 Å². The Bertz CT molecular complexity index is 1410.